The first-order chi connectivity index (χ1) is 9.40. The summed E-state index contributed by atoms with van der Waals surface area (Å²) < 4.78 is 27.3. The van der Waals surface area contributed by atoms with Crippen molar-refractivity contribution in [2.24, 2.45) is 0 Å². The molecular weight excluding hydrogens is 311 g/mol. The Morgan fingerprint density at radius 3 is 2.65 bits per heavy atom. The minimum Gasteiger partial charge on any atom is -0.317 e. The Bertz CT molecular complexity index is 695. The van der Waals surface area contributed by atoms with Crippen molar-refractivity contribution >= 4 is 34.8 Å². The number of benzene rings is 1. The van der Waals surface area contributed by atoms with Crippen molar-refractivity contribution < 1.29 is 13.6 Å². The van der Waals surface area contributed by atoms with E-state index in [-0.39, 0.29) is 21.4 Å². The van der Waals surface area contributed by atoms with Crippen molar-refractivity contribution in [1.82, 2.24) is 10.2 Å². The number of aryl methyl sites for hydroxylation is 1. The first-order valence-corrected chi connectivity index (χ1v) is 6.10. The summed E-state index contributed by atoms with van der Waals surface area (Å²) in [5.74, 6) is -2.59. The molecule has 0 spiro atoms. The molecule has 2 rings (SSSR count). The molecule has 0 aliphatic carbocycles. The summed E-state index contributed by atoms with van der Waals surface area (Å²) in [6, 6.07) is 3.46. The lowest BCUT2D eigenvalue weighted by Gasteiger charge is -2.09. The highest BCUT2D eigenvalue weighted by molar-refractivity contribution is 6.34. The van der Waals surface area contributed by atoms with Crippen LogP contribution < -0.4 is 5.32 Å². The van der Waals surface area contributed by atoms with Crippen LogP contribution in [-0.4, -0.2) is 16.1 Å². The molecule has 0 atom stereocenters. The van der Waals surface area contributed by atoms with E-state index in [1.165, 1.54) is 13.0 Å². The van der Waals surface area contributed by atoms with Gasteiger partial charge in [-0.25, -0.2) is 8.78 Å². The van der Waals surface area contributed by atoms with E-state index >= 15 is 0 Å². The third-order valence-corrected chi connectivity index (χ3v) is 2.95. The number of halogens is 4. The van der Waals surface area contributed by atoms with E-state index in [0.717, 1.165) is 12.1 Å². The number of carbonyl (C=O) groups excluding carboxylic acids is 1. The molecule has 1 heterocycles. The van der Waals surface area contributed by atoms with E-state index in [0.29, 0.717) is 0 Å². The predicted molar refractivity (Wildman–Crippen MR) is 71.1 cm³/mol. The molecule has 0 saturated carbocycles. The quantitative estimate of drug-likeness (QED) is 0.920. The van der Waals surface area contributed by atoms with Gasteiger partial charge < -0.3 is 5.32 Å². The number of aromatic nitrogens is 2. The third-order valence-electron chi connectivity index (χ3n) is 2.49. The average molecular weight is 318 g/mol. The van der Waals surface area contributed by atoms with E-state index in [9.17, 15) is 13.6 Å². The topological polar surface area (TPSA) is 54.9 Å². The normalized spacial score (nSPS) is 10.4. The van der Waals surface area contributed by atoms with Crippen LogP contribution in [0.15, 0.2) is 18.2 Å². The number of amides is 1. The maximum Gasteiger partial charge on any atom is 0.259 e. The highest BCUT2D eigenvalue weighted by atomic mass is 35.5. The Labute approximate surface area is 122 Å². The number of carbonyl (C=O) groups is 1. The second kappa shape index (κ2) is 5.68. The van der Waals surface area contributed by atoms with Gasteiger partial charge in [0.25, 0.3) is 5.91 Å². The van der Waals surface area contributed by atoms with Crippen LogP contribution in [0.25, 0.3) is 0 Å². The summed E-state index contributed by atoms with van der Waals surface area (Å²) in [6.07, 6.45) is 0. The van der Waals surface area contributed by atoms with E-state index < -0.39 is 23.2 Å². The van der Waals surface area contributed by atoms with Crippen LogP contribution in [0.2, 0.25) is 10.3 Å². The van der Waals surface area contributed by atoms with Crippen LogP contribution >= 0.6 is 23.2 Å². The molecule has 0 aliphatic heterocycles. The van der Waals surface area contributed by atoms with Gasteiger partial charge in [0.15, 0.2) is 16.1 Å². The lowest BCUT2D eigenvalue weighted by Crippen LogP contribution is -2.16. The molecule has 0 fully saturated rings. The molecule has 0 saturated heterocycles. The second-order valence-corrected chi connectivity index (χ2v) is 4.62. The van der Waals surface area contributed by atoms with E-state index in [4.69, 9.17) is 23.2 Å². The van der Waals surface area contributed by atoms with E-state index in [2.05, 4.69) is 15.5 Å². The standard InChI is InChI=1S/C12H7Cl2F2N3O/c1-5-2-3-7(15)10(9(5)16)17-12(20)6-4-8(13)18-19-11(6)14/h2-4H,1H3,(H,17,20). The van der Waals surface area contributed by atoms with Gasteiger partial charge in [-0.2, -0.15) is 0 Å². The molecule has 1 amide bonds. The van der Waals surface area contributed by atoms with Gasteiger partial charge in [-0.15, -0.1) is 10.2 Å². The van der Waals surface area contributed by atoms with Crippen LogP contribution in [0.3, 0.4) is 0 Å². The molecule has 1 aromatic carbocycles. The van der Waals surface area contributed by atoms with Crippen molar-refractivity contribution in [3.05, 3.63) is 51.3 Å². The maximum atomic E-state index is 13.8. The number of hydrogen-bond acceptors (Lipinski definition) is 3. The Kier molecular flexibility index (Phi) is 4.15. The number of nitrogens with one attached hydrogen (secondary N) is 1. The summed E-state index contributed by atoms with van der Waals surface area (Å²) >= 11 is 11.3. The molecule has 8 heteroatoms. The minimum atomic E-state index is -0.898. The zero-order valence-electron chi connectivity index (χ0n) is 10.0. The fourth-order valence-corrected chi connectivity index (χ4v) is 1.79. The largest absolute Gasteiger partial charge is 0.317 e. The minimum absolute atomic E-state index is 0.0651. The second-order valence-electron chi connectivity index (χ2n) is 3.88. The predicted octanol–water partition coefficient (Wildman–Crippen LogP) is 3.62. The number of rotatable bonds is 2. The zero-order valence-corrected chi connectivity index (χ0v) is 11.6. The first kappa shape index (κ1) is 14.6. The Balaban J connectivity index is 2.38. The van der Waals surface area contributed by atoms with Gasteiger partial charge in [0, 0.05) is 0 Å². The van der Waals surface area contributed by atoms with Crippen molar-refractivity contribution in [1.29, 1.82) is 0 Å². The summed E-state index contributed by atoms with van der Waals surface area (Å²) in [5, 5.41) is 8.69. The van der Waals surface area contributed by atoms with E-state index in [1.807, 2.05) is 0 Å². The van der Waals surface area contributed by atoms with Crippen molar-refractivity contribution in [2.75, 3.05) is 5.32 Å². The number of nitrogens with zero attached hydrogens (tertiary/aromatic N) is 2. The van der Waals surface area contributed by atoms with Gasteiger partial charge in [0.05, 0.1) is 5.56 Å². The Morgan fingerprint density at radius 1 is 1.25 bits per heavy atom. The molecule has 2 aromatic rings. The molecule has 1 aromatic heterocycles. The average Bonchev–Trinajstić information content (AvgIpc) is 2.41. The SMILES string of the molecule is Cc1ccc(F)c(NC(=O)c2cc(Cl)nnc2Cl)c1F. The van der Waals surface area contributed by atoms with E-state index in [1.54, 1.807) is 0 Å². The Hall–Kier alpha value is -1.79. The van der Waals surface area contributed by atoms with Crippen LogP contribution in [0.1, 0.15) is 15.9 Å². The maximum absolute atomic E-state index is 13.8. The molecule has 1 N–H and O–H groups in total. The fraction of sp³-hybridized carbons (Fsp3) is 0.0833. The molecule has 0 radical (unpaired) electrons. The van der Waals surface area contributed by atoms with Gasteiger partial charge in [0.2, 0.25) is 0 Å². The highest BCUT2D eigenvalue weighted by Crippen LogP contribution is 2.23. The third kappa shape index (κ3) is 2.86. The summed E-state index contributed by atoms with van der Waals surface area (Å²) in [5.41, 5.74) is -0.496. The van der Waals surface area contributed by atoms with Gasteiger partial charge >= 0.3 is 0 Å². The molecule has 0 aliphatic rings. The zero-order chi connectivity index (χ0) is 14.9. The summed E-state index contributed by atoms with van der Waals surface area (Å²) in [6.45, 7) is 1.45. The van der Waals surface area contributed by atoms with Crippen LogP contribution in [0, 0.1) is 18.6 Å². The van der Waals surface area contributed by atoms with Crippen LogP contribution in [-0.2, 0) is 0 Å². The lowest BCUT2D eigenvalue weighted by molar-refractivity contribution is 0.102. The van der Waals surface area contributed by atoms with Crippen molar-refractivity contribution in [2.45, 2.75) is 6.92 Å². The number of hydrogen-bond donors (Lipinski definition) is 1. The van der Waals surface area contributed by atoms with Crippen molar-refractivity contribution in [3.63, 3.8) is 0 Å². The summed E-state index contributed by atoms with van der Waals surface area (Å²) in [4.78, 5) is 11.9. The summed E-state index contributed by atoms with van der Waals surface area (Å²) in [7, 11) is 0. The molecule has 104 valence electrons. The molecular formula is C12H7Cl2F2N3O. The van der Waals surface area contributed by atoms with Gasteiger partial charge in [-0.3, -0.25) is 4.79 Å². The molecule has 0 unspecified atom stereocenters. The molecule has 4 nitrogen and oxygen atoms in total. The van der Waals surface area contributed by atoms with Gasteiger partial charge in [0.1, 0.15) is 11.5 Å². The fourth-order valence-electron chi connectivity index (χ4n) is 1.46. The Morgan fingerprint density at radius 2 is 1.95 bits per heavy atom. The van der Waals surface area contributed by atoms with Crippen molar-refractivity contribution in [3.8, 4) is 0 Å². The van der Waals surface area contributed by atoms with Crippen LogP contribution in [0.5, 0.6) is 0 Å². The van der Waals surface area contributed by atoms with Gasteiger partial charge in [-0.1, -0.05) is 29.3 Å². The molecule has 0 bridgehead atoms. The van der Waals surface area contributed by atoms with Gasteiger partial charge in [-0.05, 0) is 24.6 Å². The monoisotopic (exact) mass is 317 g/mol. The smallest absolute Gasteiger partial charge is 0.259 e. The highest BCUT2D eigenvalue weighted by Gasteiger charge is 2.18. The van der Waals surface area contributed by atoms with Crippen LogP contribution in [0.4, 0.5) is 14.5 Å². The number of anilines is 1. The lowest BCUT2D eigenvalue weighted by atomic mass is 10.2. The first-order valence-electron chi connectivity index (χ1n) is 5.35. The molecule has 20 heavy (non-hydrogen) atoms.